The van der Waals surface area contributed by atoms with Crippen molar-refractivity contribution in [1.29, 1.82) is 0 Å². The van der Waals surface area contributed by atoms with Crippen LogP contribution in [0, 0.1) is 12.8 Å². The van der Waals surface area contributed by atoms with Crippen LogP contribution in [0.15, 0.2) is 35.2 Å². The predicted octanol–water partition coefficient (Wildman–Crippen LogP) is 1.37. The SMILES string of the molecule is Cc1ccc(S(=O)(=O)NC2C=CC(C(=O)O)C2)cc1N(C)C. The number of carboxylic acids is 1. The molecule has 0 aliphatic heterocycles. The van der Waals surface area contributed by atoms with E-state index in [1.54, 1.807) is 24.3 Å². The lowest BCUT2D eigenvalue weighted by Gasteiger charge is -2.18. The maximum atomic E-state index is 12.4. The summed E-state index contributed by atoms with van der Waals surface area (Å²) in [6.07, 6.45) is 3.36. The Balaban J connectivity index is 2.20. The number of anilines is 1. The van der Waals surface area contributed by atoms with Crippen molar-refractivity contribution < 1.29 is 18.3 Å². The minimum atomic E-state index is -3.69. The Labute approximate surface area is 130 Å². The molecular weight excluding hydrogens is 304 g/mol. The number of carboxylic acid groups (broad SMARTS) is 1. The second-order valence-corrected chi connectivity index (χ2v) is 7.35. The van der Waals surface area contributed by atoms with Crippen molar-refractivity contribution in [3.05, 3.63) is 35.9 Å². The van der Waals surface area contributed by atoms with Crippen LogP contribution in [0.25, 0.3) is 0 Å². The Kier molecular flexibility index (Phi) is 4.58. The standard InChI is InChI=1S/C15H20N2O4S/c1-10-4-7-13(9-14(10)17(2)3)22(20,21)16-12-6-5-11(8-12)15(18)19/h4-7,9,11-12,16H,8H2,1-3H3,(H,18,19). The molecule has 22 heavy (non-hydrogen) atoms. The highest BCUT2D eigenvalue weighted by atomic mass is 32.2. The summed E-state index contributed by atoms with van der Waals surface area (Å²) in [5, 5.41) is 8.94. The first-order valence-electron chi connectivity index (χ1n) is 6.92. The molecule has 2 N–H and O–H groups in total. The van der Waals surface area contributed by atoms with Gasteiger partial charge in [0.2, 0.25) is 10.0 Å². The zero-order valence-corrected chi connectivity index (χ0v) is 13.6. The summed E-state index contributed by atoms with van der Waals surface area (Å²) in [6, 6.07) is 4.44. The molecule has 0 spiro atoms. The fraction of sp³-hybridized carbons (Fsp3) is 0.400. The number of aryl methyl sites for hydroxylation is 1. The number of aliphatic carboxylic acids is 1. The van der Waals surface area contributed by atoms with Crippen LogP contribution in [-0.2, 0) is 14.8 Å². The minimum absolute atomic E-state index is 0.175. The predicted molar refractivity (Wildman–Crippen MR) is 84.5 cm³/mol. The van der Waals surface area contributed by atoms with E-state index in [0.717, 1.165) is 11.3 Å². The van der Waals surface area contributed by atoms with Crippen LogP contribution in [-0.4, -0.2) is 39.6 Å². The van der Waals surface area contributed by atoms with Crippen LogP contribution in [0.5, 0.6) is 0 Å². The largest absolute Gasteiger partial charge is 0.481 e. The van der Waals surface area contributed by atoms with Gasteiger partial charge < -0.3 is 10.0 Å². The van der Waals surface area contributed by atoms with Crippen LogP contribution in [0.3, 0.4) is 0 Å². The van der Waals surface area contributed by atoms with Crippen LogP contribution in [0.1, 0.15) is 12.0 Å². The van der Waals surface area contributed by atoms with Crippen molar-refractivity contribution in [2.75, 3.05) is 19.0 Å². The molecule has 0 saturated heterocycles. The number of benzene rings is 1. The lowest BCUT2D eigenvalue weighted by Crippen LogP contribution is -2.33. The maximum Gasteiger partial charge on any atom is 0.310 e. The molecule has 0 amide bonds. The average Bonchev–Trinajstić information content (AvgIpc) is 2.86. The second-order valence-electron chi connectivity index (χ2n) is 5.64. The van der Waals surface area contributed by atoms with E-state index in [-0.39, 0.29) is 11.3 Å². The third kappa shape index (κ3) is 3.48. The first-order valence-corrected chi connectivity index (χ1v) is 8.40. The van der Waals surface area contributed by atoms with Crippen molar-refractivity contribution >= 4 is 21.7 Å². The Morgan fingerprint density at radius 2 is 2.00 bits per heavy atom. The van der Waals surface area contributed by atoms with Crippen LogP contribution >= 0.6 is 0 Å². The lowest BCUT2D eigenvalue weighted by atomic mass is 10.1. The van der Waals surface area contributed by atoms with Crippen LogP contribution < -0.4 is 9.62 Å². The number of hydrogen-bond acceptors (Lipinski definition) is 4. The van der Waals surface area contributed by atoms with Crippen LogP contribution in [0.2, 0.25) is 0 Å². The third-order valence-electron chi connectivity index (χ3n) is 3.68. The highest BCUT2D eigenvalue weighted by Crippen LogP contribution is 2.24. The Hall–Kier alpha value is -1.86. The number of rotatable bonds is 5. The van der Waals surface area contributed by atoms with Gasteiger partial charge in [0.25, 0.3) is 0 Å². The van der Waals surface area contributed by atoms with Gasteiger partial charge in [-0.05, 0) is 31.0 Å². The molecule has 0 radical (unpaired) electrons. The number of nitrogens with one attached hydrogen (secondary N) is 1. The summed E-state index contributed by atoms with van der Waals surface area (Å²) >= 11 is 0. The zero-order valence-electron chi connectivity index (χ0n) is 12.8. The van der Waals surface area contributed by atoms with E-state index >= 15 is 0 Å². The summed E-state index contributed by atoms with van der Waals surface area (Å²) < 4.78 is 27.4. The number of nitrogens with zero attached hydrogens (tertiary/aromatic N) is 1. The van der Waals surface area contributed by atoms with Gasteiger partial charge in [-0.2, -0.15) is 0 Å². The molecule has 2 atom stereocenters. The van der Waals surface area contributed by atoms with Gasteiger partial charge in [-0.3, -0.25) is 4.79 Å². The smallest absolute Gasteiger partial charge is 0.310 e. The van der Waals surface area contributed by atoms with Gasteiger partial charge in [0.05, 0.1) is 10.8 Å². The Morgan fingerprint density at radius 1 is 1.32 bits per heavy atom. The summed E-state index contributed by atoms with van der Waals surface area (Å²) in [5.41, 5.74) is 1.81. The van der Waals surface area contributed by atoms with E-state index in [1.165, 1.54) is 6.08 Å². The number of carbonyl (C=O) groups is 1. The molecule has 0 fully saturated rings. The molecular formula is C15H20N2O4S. The molecule has 1 aliphatic carbocycles. The summed E-state index contributed by atoms with van der Waals surface area (Å²) in [4.78, 5) is 12.9. The van der Waals surface area contributed by atoms with E-state index in [4.69, 9.17) is 5.11 Å². The Bertz CT molecular complexity index is 710. The van der Waals surface area contributed by atoms with Crippen molar-refractivity contribution in [2.24, 2.45) is 5.92 Å². The van der Waals surface area contributed by atoms with Crippen molar-refractivity contribution in [1.82, 2.24) is 4.72 Å². The fourth-order valence-corrected chi connectivity index (χ4v) is 3.70. The van der Waals surface area contributed by atoms with Gasteiger partial charge in [-0.25, -0.2) is 13.1 Å². The van der Waals surface area contributed by atoms with Gasteiger partial charge in [0, 0.05) is 25.8 Å². The lowest BCUT2D eigenvalue weighted by molar-refractivity contribution is -0.140. The monoisotopic (exact) mass is 324 g/mol. The van der Waals surface area contributed by atoms with Crippen molar-refractivity contribution in [3.63, 3.8) is 0 Å². The van der Waals surface area contributed by atoms with Gasteiger partial charge in [-0.1, -0.05) is 18.2 Å². The molecule has 0 saturated carbocycles. The zero-order chi connectivity index (χ0) is 16.5. The quantitative estimate of drug-likeness (QED) is 0.799. The molecule has 0 aromatic heterocycles. The van der Waals surface area contributed by atoms with Gasteiger partial charge >= 0.3 is 5.97 Å². The van der Waals surface area contributed by atoms with Gasteiger partial charge in [0.1, 0.15) is 0 Å². The number of sulfonamides is 1. The molecule has 0 heterocycles. The molecule has 2 unspecified atom stereocenters. The molecule has 6 nitrogen and oxygen atoms in total. The second kappa shape index (κ2) is 6.10. The molecule has 2 rings (SSSR count). The summed E-state index contributed by atoms with van der Waals surface area (Å²) in [5.74, 6) is -1.58. The molecule has 1 aromatic rings. The fourth-order valence-electron chi connectivity index (χ4n) is 2.47. The molecule has 7 heteroatoms. The molecule has 1 aromatic carbocycles. The first-order chi connectivity index (χ1) is 10.2. The normalized spacial score (nSPS) is 21.0. The Morgan fingerprint density at radius 3 is 2.55 bits per heavy atom. The average molecular weight is 324 g/mol. The topological polar surface area (TPSA) is 86.7 Å². The summed E-state index contributed by atoms with van der Waals surface area (Å²) in [6.45, 7) is 1.91. The van der Waals surface area contributed by atoms with Crippen LogP contribution in [0.4, 0.5) is 5.69 Å². The molecule has 0 bridgehead atoms. The van der Waals surface area contributed by atoms with E-state index in [2.05, 4.69) is 4.72 Å². The number of hydrogen-bond donors (Lipinski definition) is 2. The van der Waals surface area contributed by atoms with E-state index in [1.807, 2.05) is 25.9 Å². The maximum absolute atomic E-state index is 12.4. The van der Waals surface area contributed by atoms with Crippen molar-refractivity contribution in [2.45, 2.75) is 24.3 Å². The van der Waals surface area contributed by atoms with Gasteiger partial charge in [0.15, 0.2) is 0 Å². The van der Waals surface area contributed by atoms with E-state index < -0.39 is 28.0 Å². The highest BCUT2D eigenvalue weighted by Gasteiger charge is 2.28. The first kappa shape index (κ1) is 16.5. The molecule has 1 aliphatic rings. The van der Waals surface area contributed by atoms with Crippen molar-refractivity contribution in [3.8, 4) is 0 Å². The van der Waals surface area contributed by atoms with E-state index in [9.17, 15) is 13.2 Å². The molecule has 120 valence electrons. The van der Waals surface area contributed by atoms with E-state index in [0.29, 0.717) is 0 Å². The summed E-state index contributed by atoms with van der Waals surface area (Å²) in [7, 11) is 0.0146. The van der Waals surface area contributed by atoms with Gasteiger partial charge in [-0.15, -0.1) is 0 Å². The minimum Gasteiger partial charge on any atom is -0.481 e. The highest BCUT2D eigenvalue weighted by molar-refractivity contribution is 7.89. The third-order valence-corrected chi connectivity index (χ3v) is 5.17.